The summed E-state index contributed by atoms with van der Waals surface area (Å²) in [6.45, 7) is 8.36. The second kappa shape index (κ2) is 4.74. The monoisotopic (exact) mass is 268 g/mol. The summed E-state index contributed by atoms with van der Waals surface area (Å²) in [5.41, 5.74) is 2.01. The van der Waals surface area contributed by atoms with Crippen molar-refractivity contribution >= 4 is 34.5 Å². The van der Waals surface area contributed by atoms with Gasteiger partial charge in [-0.2, -0.15) is 0 Å². The molecule has 0 amide bonds. The number of aryl methyl sites for hydroxylation is 1. The first-order chi connectivity index (χ1) is 8.00. The fourth-order valence-electron chi connectivity index (χ4n) is 2.21. The number of hydrogen-bond donors (Lipinski definition) is 1. The quantitative estimate of drug-likeness (QED) is 0.673. The number of carbonyl (C=O) groups excluding carboxylic acids is 1. The molecule has 5 heteroatoms. The number of nitrogens with zero attached hydrogens (tertiary/aromatic N) is 1. The van der Waals surface area contributed by atoms with Crippen LogP contribution >= 0.6 is 23.6 Å². The van der Waals surface area contributed by atoms with E-state index >= 15 is 0 Å². The topological polar surface area (TPSA) is 32.3 Å². The highest BCUT2D eigenvalue weighted by atomic mass is 32.1. The van der Waals surface area contributed by atoms with Gasteiger partial charge in [-0.15, -0.1) is 11.3 Å². The molecule has 0 aromatic carbocycles. The van der Waals surface area contributed by atoms with Crippen LogP contribution in [0.4, 0.5) is 0 Å². The van der Waals surface area contributed by atoms with Gasteiger partial charge in [0.05, 0.1) is 6.54 Å². The smallest absolute Gasteiger partial charge is 0.169 e. The van der Waals surface area contributed by atoms with Gasteiger partial charge in [-0.05, 0) is 38.6 Å². The Morgan fingerprint density at radius 2 is 2.24 bits per heavy atom. The number of rotatable bonds is 3. The molecule has 1 aromatic heterocycles. The summed E-state index contributed by atoms with van der Waals surface area (Å²) < 4.78 is 0. The molecular formula is C12H16N2OS2. The van der Waals surface area contributed by atoms with Crippen LogP contribution in [-0.2, 0) is 6.54 Å². The van der Waals surface area contributed by atoms with Gasteiger partial charge in [-0.25, -0.2) is 0 Å². The van der Waals surface area contributed by atoms with Gasteiger partial charge < -0.3 is 10.2 Å². The number of ketones is 1. The average Bonchev–Trinajstić information content (AvgIpc) is 2.73. The zero-order valence-corrected chi connectivity index (χ0v) is 11.9. The van der Waals surface area contributed by atoms with Crippen LogP contribution in [0.1, 0.15) is 32.6 Å². The molecule has 0 atom stereocenters. The summed E-state index contributed by atoms with van der Waals surface area (Å²) in [6.07, 6.45) is 0. The lowest BCUT2D eigenvalue weighted by Gasteiger charge is -2.15. The Balaban J connectivity index is 2.25. The molecule has 1 N–H and O–H groups in total. The second-order valence-electron chi connectivity index (χ2n) is 4.29. The lowest BCUT2D eigenvalue weighted by molar-refractivity contribution is 0.101. The van der Waals surface area contributed by atoms with Gasteiger partial charge in [0.2, 0.25) is 0 Å². The average molecular weight is 268 g/mol. The highest BCUT2D eigenvalue weighted by Gasteiger charge is 2.21. The molecular weight excluding hydrogens is 252 g/mol. The van der Waals surface area contributed by atoms with Gasteiger partial charge in [0.15, 0.2) is 10.9 Å². The third-order valence-electron chi connectivity index (χ3n) is 3.05. The molecule has 1 aromatic rings. The van der Waals surface area contributed by atoms with Crippen molar-refractivity contribution < 1.29 is 4.79 Å². The standard InChI is InChI=1S/C12H16N2OS2/c1-7-10(6-14-5-4-13-12(14)16)17-9(3)11(7)8(2)15/h4-6H2,1-3H3,(H,13,16). The molecule has 0 spiro atoms. The summed E-state index contributed by atoms with van der Waals surface area (Å²) in [5.74, 6) is 0.157. The lowest BCUT2D eigenvalue weighted by atomic mass is 10.1. The summed E-state index contributed by atoms with van der Waals surface area (Å²) in [7, 11) is 0. The number of carbonyl (C=O) groups is 1. The van der Waals surface area contributed by atoms with Crippen LogP contribution in [0.3, 0.4) is 0 Å². The van der Waals surface area contributed by atoms with Crippen LogP contribution < -0.4 is 5.32 Å². The molecule has 2 heterocycles. The minimum atomic E-state index is 0.157. The Hall–Kier alpha value is -0.940. The van der Waals surface area contributed by atoms with Gasteiger partial charge in [0.1, 0.15) is 0 Å². The molecule has 1 fully saturated rings. The van der Waals surface area contributed by atoms with E-state index in [2.05, 4.69) is 10.2 Å². The van der Waals surface area contributed by atoms with Crippen molar-refractivity contribution in [1.82, 2.24) is 10.2 Å². The predicted molar refractivity (Wildman–Crippen MR) is 74.8 cm³/mol. The van der Waals surface area contributed by atoms with Gasteiger partial charge in [0.25, 0.3) is 0 Å². The Labute approximate surface area is 111 Å². The molecule has 17 heavy (non-hydrogen) atoms. The fraction of sp³-hybridized carbons (Fsp3) is 0.500. The van der Waals surface area contributed by atoms with Crippen molar-refractivity contribution in [3.63, 3.8) is 0 Å². The fourth-order valence-corrected chi connectivity index (χ4v) is 3.72. The molecule has 92 valence electrons. The van der Waals surface area contributed by atoms with E-state index in [4.69, 9.17) is 12.2 Å². The normalized spacial score (nSPS) is 15.2. The van der Waals surface area contributed by atoms with E-state index in [-0.39, 0.29) is 5.78 Å². The first-order valence-corrected chi connectivity index (χ1v) is 6.85. The van der Waals surface area contributed by atoms with Crippen molar-refractivity contribution in [2.45, 2.75) is 27.3 Å². The largest absolute Gasteiger partial charge is 0.361 e. The minimum Gasteiger partial charge on any atom is -0.361 e. The minimum absolute atomic E-state index is 0.157. The molecule has 1 saturated heterocycles. The summed E-state index contributed by atoms with van der Waals surface area (Å²) in [6, 6.07) is 0. The van der Waals surface area contributed by atoms with Gasteiger partial charge in [-0.1, -0.05) is 0 Å². The Morgan fingerprint density at radius 3 is 2.71 bits per heavy atom. The molecule has 1 aliphatic rings. The van der Waals surface area contributed by atoms with E-state index < -0.39 is 0 Å². The van der Waals surface area contributed by atoms with E-state index in [1.54, 1.807) is 18.3 Å². The summed E-state index contributed by atoms with van der Waals surface area (Å²) >= 11 is 6.93. The van der Waals surface area contributed by atoms with Crippen molar-refractivity contribution in [1.29, 1.82) is 0 Å². The first-order valence-electron chi connectivity index (χ1n) is 5.63. The van der Waals surface area contributed by atoms with Crippen molar-refractivity contribution in [3.8, 4) is 0 Å². The molecule has 0 aliphatic carbocycles. The molecule has 2 rings (SSSR count). The van der Waals surface area contributed by atoms with Crippen LogP contribution in [0.2, 0.25) is 0 Å². The number of thiocarbonyl (C=S) groups is 1. The highest BCUT2D eigenvalue weighted by molar-refractivity contribution is 7.80. The third kappa shape index (κ3) is 2.35. The van der Waals surface area contributed by atoms with Crippen LogP contribution in [0, 0.1) is 13.8 Å². The predicted octanol–water partition coefficient (Wildman–Crippen LogP) is 2.26. The second-order valence-corrected chi connectivity index (χ2v) is 5.99. The lowest BCUT2D eigenvalue weighted by Crippen LogP contribution is -2.27. The van der Waals surface area contributed by atoms with Gasteiger partial charge in [-0.3, -0.25) is 4.79 Å². The van der Waals surface area contributed by atoms with Crippen LogP contribution in [0.5, 0.6) is 0 Å². The molecule has 1 aliphatic heterocycles. The number of hydrogen-bond acceptors (Lipinski definition) is 3. The zero-order valence-electron chi connectivity index (χ0n) is 10.3. The maximum absolute atomic E-state index is 11.6. The summed E-state index contributed by atoms with van der Waals surface area (Å²) in [5, 5.41) is 3.97. The Kier molecular flexibility index (Phi) is 3.49. The summed E-state index contributed by atoms with van der Waals surface area (Å²) in [4.78, 5) is 16.1. The van der Waals surface area contributed by atoms with E-state index in [1.165, 1.54) is 4.88 Å². The van der Waals surface area contributed by atoms with Crippen LogP contribution in [-0.4, -0.2) is 28.9 Å². The van der Waals surface area contributed by atoms with Crippen molar-refractivity contribution in [2.24, 2.45) is 0 Å². The van der Waals surface area contributed by atoms with E-state index in [0.29, 0.717) is 0 Å². The van der Waals surface area contributed by atoms with E-state index in [9.17, 15) is 4.79 Å². The third-order valence-corrected chi connectivity index (χ3v) is 4.65. The highest BCUT2D eigenvalue weighted by Crippen LogP contribution is 2.29. The van der Waals surface area contributed by atoms with Gasteiger partial charge in [0, 0.05) is 28.4 Å². The number of thiophene rings is 1. The maximum Gasteiger partial charge on any atom is 0.169 e. The van der Waals surface area contributed by atoms with E-state index in [0.717, 1.165) is 40.8 Å². The SMILES string of the molecule is CC(=O)c1c(C)sc(CN2CCNC2=S)c1C. The van der Waals surface area contributed by atoms with E-state index in [1.807, 2.05) is 13.8 Å². The molecule has 0 radical (unpaired) electrons. The van der Waals surface area contributed by atoms with Crippen molar-refractivity contribution in [2.75, 3.05) is 13.1 Å². The van der Waals surface area contributed by atoms with Crippen LogP contribution in [0.25, 0.3) is 0 Å². The van der Waals surface area contributed by atoms with Crippen molar-refractivity contribution in [3.05, 3.63) is 20.9 Å². The first kappa shape index (κ1) is 12.5. The molecule has 0 saturated carbocycles. The number of Topliss-reactive ketones (excluding diaryl/α,β-unsaturated/α-hetero) is 1. The Bertz CT molecular complexity index is 479. The molecule has 3 nitrogen and oxygen atoms in total. The Morgan fingerprint density at radius 1 is 1.53 bits per heavy atom. The van der Waals surface area contributed by atoms with Crippen LogP contribution in [0.15, 0.2) is 0 Å². The zero-order chi connectivity index (χ0) is 12.6. The maximum atomic E-state index is 11.6. The number of nitrogens with one attached hydrogen (secondary N) is 1. The van der Waals surface area contributed by atoms with Gasteiger partial charge >= 0.3 is 0 Å². The molecule has 0 bridgehead atoms. The molecule has 0 unspecified atom stereocenters.